The van der Waals surface area contributed by atoms with E-state index in [9.17, 15) is 19.2 Å². The predicted octanol–water partition coefficient (Wildman–Crippen LogP) is 5.11. The third-order valence-electron chi connectivity index (χ3n) is 9.32. The van der Waals surface area contributed by atoms with Crippen LogP contribution in [0, 0.1) is 11.8 Å². The fraction of sp³-hybridized carbons (Fsp3) is 0.667. The topological polar surface area (TPSA) is 99.3 Å². The zero-order valence-electron chi connectivity index (χ0n) is 28.9. The van der Waals surface area contributed by atoms with Crippen LogP contribution in [-0.4, -0.2) is 88.7 Å². The van der Waals surface area contributed by atoms with Crippen molar-refractivity contribution >= 4 is 23.7 Å². The number of likely N-dealkylation sites (N-methyl/N-ethyl adjacent to an activating group) is 1. The van der Waals surface area contributed by atoms with E-state index in [1.807, 2.05) is 71.0 Å². The number of esters is 1. The summed E-state index contributed by atoms with van der Waals surface area (Å²) in [6, 6.07) is 7.84. The molecule has 1 aromatic rings. The minimum atomic E-state index is -0.687. The number of nitrogens with zero attached hydrogens (tertiary/aromatic N) is 3. The summed E-state index contributed by atoms with van der Waals surface area (Å²) in [4.78, 5) is 59.8. The van der Waals surface area contributed by atoms with Crippen LogP contribution in [0.4, 0.5) is 0 Å². The molecule has 1 aromatic carbocycles. The summed E-state index contributed by atoms with van der Waals surface area (Å²) in [6.07, 6.45) is 5.54. The molecular formula is C36H56N4O5. The Balaban J connectivity index is 1.73. The number of carbonyl (C=O) groups is 4. The van der Waals surface area contributed by atoms with Crippen LogP contribution >= 0.6 is 0 Å². The van der Waals surface area contributed by atoms with Gasteiger partial charge in [-0.2, -0.15) is 0 Å². The maximum absolute atomic E-state index is 13.9. The van der Waals surface area contributed by atoms with Gasteiger partial charge in [0.25, 0.3) is 0 Å². The molecule has 0 saturated carbocycles. The zero-order valence-corrected chi connectivity index (χ0v) is 28.9. The Hall–Kier alpha value is -3.20. The van der Waals surface area contributed by atoms with E-state index in [1.165, 1.54) is 0 Å². The molecule has 9 heteroatoms. The molecular weight excluding hydrogens is 568 g/mol. The summed E-state index contributed by atoms with van der Waals surface area (Å²) in [5.74, 6) is -1.02. The largest absolute Gasteiger partial charge is 0.456 e. The van der Waals surface area contributed by atoms with Crippen LogP contribution in [0.1, 0.15) is 99.2 Å². The van der Waals surface area contributed by atoms with Crippen molar-refractivity contribution in [1.82, 2.24) is 20.0 Å². The molecule has 0 radical (unpaired) electrons. The van der Waals surface area contributed by atoms with E-state index in [0.717, 1.165) is 37.8 Å². The predicted molar refractivity (Wildman–Crippen MR) is 177 cm³/mol. The van der Waals surface area contributed by atoms with Crippen LogP contribution in [0.2, 0.25) is 0 Å². The van der Waals surface area contributed by atoms with Crippen LogP contribution in [-0.2, 0) is 23.9 Å². The maximum Gasteiger partial charge on any atom is 0.329 e. The maximum atomic E-state index is 13.9. The number of rotatable bonds is 12. The quantitative estimate of drug-likeness (QED) is 0.256. The Labute approximate surface area is 270 Å². The number of benzene rings is 1. The molecule has 1 N–H and O–H groups in total. The lowest BCUT2D eigenvalue weighted by molar-refractivity contribution is -0.156. The van der Waals surface area contributed by atoms with E-state index < -0.39 is 24.2 Å². The van der Waals surface area contributed by atoms with E-state index in [0.29, 0.717) is 18.5 Å². The zero-order chi connectivity index (χ0) is 33.4. The van der Waals surface area contributed by atoms with Gasteiger partial charge in [0.05, 0.1) is 12.1 Å². The van der Waals surface area contributed by atoms with Gasteiger partial charge in [0.1, 0.15) is 18.2 Å². The Morgan fingerprint density at radius 1 is 0.889 bits per heavy atom. The summed E-state index contributed by atoms with van der Waals surface area (Å²) in [7, 11) is 1.74. The van der Waals surface area contributed by atoms with Crippen molar-refractivity contribution in [3.63, 3.8) is 0 Å². The highest BCUT2D eigenvalue weighted by atomic mass is 16.5. The Morgan fingerprint density at radius 2 is 1.53 bits per heavy atom. The molecule has 0 aromatic heterocycles. The summed E-state index contributed by atoms with van der Waals surface area (Å²) in [5, 5.41) is 3.09. The van der Waals surface area contributed by atoms with Gasteiger partial charge < -0.3 is 19.9 Å². The number of hydrogen-bond donors (Lipinski definition) is 1. The minimum absolute atomic E-state index is 0.00560. The smallest absolute Gasteiger partial charge is 0.329 e. The molecule has 5 atom stereocenters. The highest BCUT2D eigenvalue weighted by Crippen LogP contribution is 2.26. The highest BCUT2D eigenvalue weighted by molar-refractivity contribution is 5.96. The van der Waals surface area contributed by atoms with Gasteiger partial charge in [0, 0.05) is 25.2 Å². The average Bonchev–Trinajstić information content (AvgIpc) is 3.51. The molecule has 45 heavy (non-hydrogen) atoms. The van der Waals surface area contributed by atoms with Gasteiger partial charge in [-0.3, -0.25) is 19.3 Å². The molecule has 2 saturated heterocycles. The summed E-state index contributed by atoms with van der Waals surface area (Å²) >= 11 is 0. The van der Waals surface area contributed by atoms with Crippen molar-refractivity contribution in [1.29, 1.82) is 0 Å². The normalized spacial score (nSPS) is 21.5. The van der Waals surface area contributed by atoms with Gasteiger partial charge in [0.2, 0.25) is 17.7 Å². The molecule has 0 bridgehead atoms. The molecule has 2 aliphatic rings. The number of hydrogen-bond acceptors (Lipinski definition) is 6. The van der Waals surface area contributed by atoms with E-state index in [4.69, 9.17) is 4.74 Å². The second kappa shape index (κ2) is 16.4. The number of nitrogens with one attached hydrogen (secondary N) is 1. The highest BCUT2D eigenvalue weighted by Gasteiger charge is 2.38. The molecule has 250 valence electrons. The lowest BCUT2D eigenvalue weighted by Crippen LogP contribution is -2.58. The monoisotopic (exact) mass is 624 g/mol. The third kappa shape index (κ3) is 9.18. The second-order valence-corrected chi connectivity index (χ2v) is 13.8. The molecule has 3 amide bonds. The van der Waals surface area contributed by atoms with E-state index >= 15 is 0 Å². The molecule has 2 aliphatic heterocycles. The average molecular weight is 625 g/mol. The minimum Gasteiger partial charge on any atom is -0.456 e. The number of likely N-dealkylation sites (tertiary alicyclic amines) is 2. The van der Waals surface area contributed by atoms with Crippen LogP contribution < -0.4 is 5.32 Å². The van der Waals surface area contributed by atoms with Gasteiger partial charge in [-0.15, -0.1) is 0 Å². The van der Waals surface area contributed by atoms with Gasteiger partial charge in [0.15, 0.2) is 0 Å². The van der Waals surface area contributed by atoms with Gasteiger partial charge in [-0.25, -0.2) is 4.79 Å². The first-order valence-corrected chi connectivity index (χ1v) is 16.8. The van der Waals surface area contributed by atoms with E-state index in [1.54, 1.807) is 23.8 Å². The number of carbonyl (C=O) groups excluding carboxylic acids is 4. The molecule has 1 unspecified atom stereocenters. The van der Waals surface area contributed by atoms with Crippen molar-refractivity contribution in [3.8, 4) is 0 Å². The Bertz CT molecular complexity index is 1200. The first kappa shape index (κ1) is 36.3. The molecule has 2 heterocycles. The van der Waals surface area contributed by atoms with Crippen LogP contribution in [0.25, 0.3) is 0 Å². The third-order valence-corrected chi connectivity index (χ3v) is 9.32. The van der Waals surface area contributed by atoms with Gasteiger partial charge in [-0.05, 0) is 77.3 Å². The standard InChI is InChI=1S/C36H56N4O5/c1-23(2)31(38(9)35(43)32(24(3)4)37-33(41)29-18-13-14-20-39(29)25(5)6)22-26(7)34(42)40-21-15-19-30(40)36(44)45-27(8)28-16-11-10-12-17-28/h10-12,16-17,22-25,27,29-32H,13-15,18-21H2,1-9H3,(H,37,41)/t27-,29?,30+,31-,32+/m1/s1. The van der Waals surface area contributed by atoms with Gasteiger partial charge >= 0.3 is 5.97 Å². The fourth-order valence-electron chi connectivity index (χ4n) is 6.59. The summed E-state index contributed by atoms with van der Waals surface area (Å²) in [6.45, 7) is 17.0. The number of amides is 3. The molecule has 3 rings (SSSR count). The van der Waals surface area contributed by atoms with Crippen molar-refractivity contribution in [2.45, 2.75) is 124 Å². The van der Waals surface area contributed by atoms with E-state index in [2.05, 4.69) is 24.1 Å². The second-order valence-electron chi connectivity index (χ2n) is 13.8. The first-order valence-electron chi connectivity index (χ1n) is 16.8. The van der Waals surface area contributed by atoms with Crippen molar-refractivity contribution in [2.24, 2.45) is 11.8 Å². The van der Waals surface area contributed by atoms with Crippen molar-refractivity contribution < 1.29 is 23.9 Å². The number of piperidine rings is 1. The Kier molecular flexibility index (Phi) is 13.2. The SMILES string of the molecule is CC(=C[C@H](C(C)C)N(C)C(=O)[C@@H](NC(=O)C1CCCCN1C(C)C)C(C)C)C(=O)N1CCC[C@H]1C(=O)O[C@H](C)c1ccccc1. The molecule has 0 aliphatic carbocycles. The van der Waals surface area contributed by atoms with E-state index in [-0.39, 0.29) is 47.7 Å². The van der Waals surface area contributed by atoms with Crippen LogP contribution in [0.5, 0.6) is 0 Å². The van der Waals surface area contributed by atoms with Crippen LogP contribution in [0.15, 0.2) is 42.0 Å². The lowest BCUT2D eigenvalue weighted by Gasteiger charge is -2.39. The fourth-order valence-corrected chi connectivity index (χ4v) is 6.59. The summed E-state index contributed by atoms with van der Waals surface area (Å²) < 4.78 is 5.77. The summed E-state index contributed by atoms with van der Waals surface area (Å²) in [5.41, 5.74) is 1.38. The van der Waals surface area contributed by atoms with Crippen LogP contribution in [0.3, 0.4) is 0 Å². The number of ether oxygens (including phenoxy) is 1. The molecule has 0 spiro atoms. The van der Waals surface area contributed by atoms with Gasteiger partial charge in [-0.1, -0.05) is 70.5 Å². The lowest BCUT2D eigenvalue weighted by atomic mass is 9.95. The van der Waals surface area contributed by atoms with Crippen molar-refractivity contribution in [2.75, 3.05) is 20.1 Å². The molecule has 9 nitrogen and oxygen atoms in total. The Morgan fingerprint density at radius 3 is 2.13 bits per heavy atom. The first-order chi connectivity index (χ1) is 21.2. The van der Waals surface area contributed by atoms with Crippen molar-refractivity contribution in [3.05, 3.63) is 47.5 Å². The molecule has 2 fully saturated rings.